The summed E-state index contributed by atoms with van der Waals surface area (Å²) in [6.45, 7) is 0.879. The SMILES string of the molecule is O=C(c1cccc(C(F)(F)F)c1)N1CC(c2nc3ccccc3[nH]2)C1. The maximum absolute atomic E-state index is 12.8. The lowest BCUT2D eigenvalue weighted by Gasteiger charge is -2.38. The van der Waals surface area contributed by atoms with Crippen LogP contribution < -0.4 is 0 Å². The Balaban J connectivity index is 1.47. The molecule has 0 atom stereocenters. The number of hydrogen-bond acceptors (Lipinski definition) is 2. The summed E-state index contributed by atoms with van der Waals surface area (Å²) in [5, 5.41) is 0. The van der Waals surface area contributed by atoms with Gasteiger partial charge in [0.15, 0.2) is 0 Å². The molecule has 128 valence electrons. The van der Waals surface area contributed by atoms with E-state index >= 15 is 0 Å². The molecule has 0 aliphatic carbocycles. The summed E-state index contributed by atoms with van der Waals surface area (Å²) in [6, 6.07) is 12.2. The van der Waals surface area contributed by atoms with E-state index in [1.165, 1.54) is 17.0 Å². The van der Waals surface area contributed by atoms with Crippen molar-refractivity contribution in [3.63, 3.8) is 0 Å². The number of rotatable bonds is 2. The normalized spacial score (nSPS) is 15.4. The Bertz CT molecular complexity index is 909. The number of aromatic nitrogens is 2. The number of para-hydroxylation sites is 2. The van der Waals surface area contributed by atoms with Crippen LogP contribution in [0.15, 0.2) is 48.5 Å². The van der Waals surface area contributed by atoms with Crippen LogP contribution in [0.5, 0.6) is 0 Å². The molecular weight excluding hydrogens is 331 g/mol. The number of hydrogen-bond donors (Lipinski definition) is 1. The molecule has 0 spiro atoms. The minimum absolute atomic E-state index is 0.0536. The molecule has 4 rings (SSSR count). The van der Waals surface area contributed by atoms with Crippen LogP contribution in [-0.2, 0) is 6.18 Å². The van der Waals surface area contributed by atoms with Crippen molar-refractivity contribution in [3.8, 4) is 0 Å². The standard InChI is InChI=1S/C18H14F3N3O/c19-18(20,21)13-5-3-4-11(8-13)17(25)24-9-12(10-24)16-22-14-6-1-2-7-15(14)23-16/h1-8,12H,9-10H2,(H,22,23). The first-order valence-electron chi connectivity index (χ1n) is 7.83. The monoisotopic (exact) mass is 345 g/mol. The van der Waals surface area contributed by atoms with Crippen molar-refractivity contribution in [1.29, 1.82) is 0 Å². The highest BCUT2D eigenvalue weighted by atomic mass is 19.4. The van der Waals surface area contributed by atoms with Crippen molar-refractivity contribution in [2.24, 2.45) is 0 Å². The summed E-state index contributed by atoms with van der Waals surface area (Å²) in [6.07, 6.45) is -4.46. The van der Waals surface area contributed by atoms with E-state index in [1.807, 2.05) is 24.3 Å². The number of carbonyl (C=O) groups excluding carboxylic acids is 1. The van der Waals surface area contributed by atoms with Gasteiger partial charge in [0.25, 0.3) is 5.91 Å². The molecule has 0 unspecified atom stereocenters. The average Bonchev–Trinajstić information content (AvgIpc) is 2.96. The molecule has 0 radical (unpaired) electrons. The highest BCUT2D eigenvalue weighted by Gasteiger charge is 2.36. The highest BCUT2D eigenvalue weighted by molar-refractivity contribution is 5.95. The molecule has 7 heteroatoms. The molecular formula is C18H14F3N3O. The number of carbonyl (C=O) groups is 1. The maximum Gasteiger partial charge on any atom is 0.416 e. The van der Waals surface area contributed by atoms with Gasteiger partial charge in [0, 0.05) is 18.7 Å². The fourth-order valence-corrected chi connectivity index (χ4v) is 2.99. The number of imidazole rings is 1. The van der Waals surface area contributed by atoms with Crippen LogP contribution in [0, 0.1) is 0 Å². The fourth-order valence-electron chi connectivity index (χ4n) is 2.99. The molecule has 1 saturated heterocycles. The van der Waals surface area contributed by atoms with Gasteiger partial charge in [-0.1, -0.05) is 18.2 Å². The number of aromatic amines is 1. The zero-order valence-electron chi connectivity index (χ0n) is 13.0. The van der Waals surface area contributed by atoms with Gasteiger partial charge in [-0.2, -0.15) is 13.2 Å². The Morgan fingerprint density at radius 1 is 1.12 bits per heavy atom. The number of halogens is 3. The van der Waals surface area contributed by atoms with E-state index in [9.17, 15) is 18.0 Å². The molecule has 1 aliphatic heterocycles. The van der Waals surface area contributed by atoms with E-state index in [1.54, 1.807) is 0 Å². The predicted molar refractivity (Wildman–Crippen MR) is 86.2 cm³/mol. The van der Waals surface area contributed by atoms with Gasteiger partial charge in [0.2, 0.25) is 0 Å². The first kappa shape index (κ1) is 15.7. The number of alkyl halides is 3. The summed E-state index contributed by atoms with van der Waals surface area (Å²) in [4.78, 5) is 21.7. The smallest absolute Gasteiger partial charge is 0.342 e. The molecule has 1 N–H and O–H groups in total. The summed E-state index contributed by atoms with van der Waals surface area (Å²) in [5.74, 6) is 0.481. The molecule has 0 bridgehead atoms. The Kier molecular flexibility index (Phi) is 3.52. The number of likely N-dealkylation sites (tertiary alicyclic amines) is 1. The van der Waals surface area contributed by atoms with Crippen LogP contribution in [0.1, 0.15) is 27.7 Å². The number of nitrogens with one attached hydrogen (secondary N) is 1. The van der Waals surface area contributed by atoms with E-state index in [0.29, 0.717) is 13.1 Å². The van der Waals surface area contributed by atoms with Crippen LogP contribution >= 0.6 is 0 Å². The van der Waals surface area contributed by atoms with Crippen molar-refractivity contribution in [2.45, 2.75) is 12.1 Å². The van der Waals surface area contributed by atoms with Crippen LogP contribution in [0.2, 0.25) is 0 Å². The van der Waals surface area contributed by atoms with E-state index in [0.717, 1.165) is 29.0 Å². The zero-order valence-corrected chi connectivity index (χ0v) is 13.0. The third-order valence-electron chi connectivity index (χ3n) is 4.40. The van der Waals surface area contributed by atoms with Crippen LogP contribution in [0.3, 0.4) is 0 Å². The van der Waals surface area contributed by atoms with Gasteiger partial charge in [-0.3, -0.25) is 4.79 Å². The lowest BCUT2D eigenvalue weighted by atomic mass is 9.97. The molecule has 4 nitrogen and oxygen atoms in total. The fraction of sp³-hybridized carbons (Fsp3) is 0.222. The topological polar surface area (TPSA) is 49.0 Å². The van der Waals surface area contributed by atoms with Crippen LogP contribution in [-0.4, -0.2) is 33.9 Å². The Hall–Kier alpha value is -2.83. The molecule has 2 heterocycles. The number of benzene rings is 2. The van der Waals surface area contributed by atoms with Gasteiger partial charge in [0.05, 0.1) is 22.5 Å². The lowest BCUT2D eigenvalue weighted by Crippen LogP contribution is -2.48. The van der Waals surface area contributed by atoms with Gasteiger partial charge in [-0.25, -0.2) is 4.98 Å². The second kappa shape index (κ2) is 5.61. The largest absolute Gasteiger partial charge is 0.416 e. The molecule has 2 aromatic carbocycles. The molecule has 1 fully saturated rings. The summed E-state index contributed by atoms with van der Waals surface area (Å²) in [5.41, 5.74) is 1.03. The number of amides is 1. The van der Waals surface area contributed by atoms with Crippen molar-refractivity contribution >= 4 is 16.9 Å². The molecule has 3 aromatic rings. The zero-order chi connectivity index (χ0) is 17.6. The van der Waals surface area contributed by atoms with Gasteiger partial charge in [0.1, 0.15) is 5.82 Å². The first-order chi connectivity index (χ1) is 11.9. The van der Waals surface area contributed by atoms with E-state index in [-0.39, 0.29) is 11.5 Å². The van der Waals surface area contributed by atoms with Crippen LogP contribution in [0.25, 0.3) is 11.0 Å². The predicted octanol–water partition coefficient (Wildman–Crippen LogP) is 3.82. The summed E-state index contributed by atoms with van der Waals surface area (Å²) < 4.78 is 38.3. The van der Waals surface area contributed by atoms with E-state index < -0.39 is 17.6 Å². The van der Waals surface area contributed by atoms with E-state index in [2.05, 4.69) is 9.97 Å². The second-order valence-electron chi connectivity index (χ2n) is 6.12. The molecule has 1 aliphatic rings. The third kappa shape index (κ3) is 2.86. The molecule has 25 heavy (non-hydrogen) atoms. The van der Waals surface area contributed by atoms with Gasteiger partial charge >= 0.3 is 6.18 Å². The first-order valence-corrected chi connectivity index (χ1v) is 7.83. The Morgan fingerprint density at radius 2 is 1.88 bits per heavy atom. The highest BCUT2D eigenvalue weighted by Crippen LogP contribution is 2.31. The second-order valence-corrected chi connectivity index (χ2v) is 6.12. The minimum Gasteiger partial charge on any atom is -0.342 e. The summed E-state index contributed by atoms with van der Waals surface area (Å²) >= 11 is 0. The van der Waals surface area contributed by atoms with Crippen molar-refractivity contribution in [2.75, 3.05) is 13.1 Å². The third-order valence-corrected chi connectivity index (χ3v) is 4.40. The van der Waals surface area contributed by atoms with Gasteiger partial charge in [-0.15, -0.1) is 0 Å². The van der Waals surface area contributed by atoms with Gasteiger partial charge < -0.3 is 9.88 Å². The van der Waals surface area contributed by atoms with E-state index in [4.69, 9.17) is 0 Å². The Morgan fingerprint density at radius 3 is 2.60 bits per heavy atom. The van der Waals surface area contributed by atoms with Crippen molar-refractivity contribution < 1.29 is 18.0 Å². The number of fused-ring (bicyclic) bond motifs is 1. The Labute approximate surface area is 141 Å². The van der Waals surface area contributed by atoms with Gasteiger partial charge in [-0.05, 0) is 30.3 Å². The average molecular weight is 345 g/mol. The molecule has 0 saturated carbocycles. The number of H-pyrrole nitrogens is 1. The minimum atomic E-state index is -4.46. The summed E-state index contributed by atoms with van der Waals surface area (Å²) in [7, 11) is 0. The lowest BCUT2D eigenvalue weighted by molar-refractivity contribution is -0.137. The molecule has 1 amide bonds. The van der Waals surface area contributed by atoms with Crippen LogP contribution in [0.4, 0.5) is 13.2 Å². The van der Waals surface area contributed by atoms with Crippen molar-refractivity contribution in [1.82, 2.24) is 14.9 Å². The quantitative estimate of drug-likeness (QED) is 0.768. The number of nitrogens with zero attached hydrogens (tertiary/aromatic N) is 2. The molecule has 1 aromatic heterocycles. The maximum atomic E-state index is 12.8. The van der Waals surface area contributed by atoms with Crippen molar-refractivity contribution in [3.05, 3.63) is 65.5 Å².